The summed E-state index contributed by atoms with van der Waals surface area (Å²) < 4.78 is 16.0. The smallest absolute Gasteiger partial charge is 0.251 e. The first-order chi connectivity index (χ1) is 11.7. The molecule has 5 heteroatoms. The van der Waals surface area contributed by atoms with Crippen LogP contribution in [0.15, 0.2) is 71.3 Å². The molecule has 0 fully saturated rings. The first-order valence-corrected chi connectivity index (χ1v) is 7.47. The largest absolute Gasteiger partial charge is 0.497 e. The summed E-state index contributed by atoms with van der Waals surface area (Å²) in [6.07, 6.45) is 1.58. The second kappa shape index (κ2) is 7.37. The Morgan fingerprint density at radius 3 is 2.17 bits per heavy atom. The maximum atomic E-state index is 12.1. The van der Waals surface area contributed by atoms with Crippen molar-refractivity contribution in [1.29, 1.82) is 0 Å². The predicted octanol–water partition coefficient (Wildman–Crippen LogP) is 4.01. The third-order valence-corrected chi connectivity index (χ3v) is 3.41. The molecule has 0 aliphatic carbocycles. The number of methoxy groups -OCH3 is 1. The number of ether oxygens (including phenoxy) is 2. The van der Waals surface area contributed by atoms with Gasteiger partial charge in [0.15, 0.2) is 0 Å². The number of benzene rings is 2. The van der Waals surface area contributed by atoms with Gasteiger partial charge in [0.25, 0.3) is 5.91 Å². The average Bonchev–Trinajstić information content (AvgIpc) is 3.14. The molecule has 3 rings (SSSR count). The first kappa shape index (κ1) is 15.7. The van der Waals surface area contributed by atoms with Crippen LogP contribution in [-0.4, -0.2) is 13.0 Å². The van der Waals surface area contributed by atoms with Crippen molar-refractivity contribution < 1.29 is 18.7 Å². The molecule has 3 aromatic rings. The zero-order chi connectivity index (χ0) is 16.8. The van der Waals surface area contributed by atoms with Crippen molar-refractivity contribution in [2.75, 3.05) is 7.11 Å². The number of hydrogen-bond donors (Lipinski definition) is 1. The number of carbonyl (C=O) groups excluding carboxylic acids is 1. The summed E-state index contributed by atoms with van der Waals surface area (Å²) >= 11 is 0. The van der Waals surface area contributed by atoms with Gasteiger partial charge in [0.2, 0.25) is 0 Å². The van der Waals surface area contributed by atoms with E-state index >= 15 is 0 Å². The molecule has 0 saturated carbocycles. The summed E-state index contributed by atoms with van der Waals surface area (Å²) in [6, 6.07) is 17.8. The van der Waals surface area contributed by atoms with E-state index in [-0.39, 0.29) is 5.91 Å². The maximum Gasteiger partial charge on any atom is 0.251 e. The maximum absolute atomic E-state index is 12.1. The Kier molecular flexibility index (Phi) is 4.81. The highest BCUT2D eigenvalue weighted by Crippen LogP contribution is 2.24. The van der Waals surface area contributed by atoms with Crippen molar-refractivity contribution in [2.24, 2.45) is 0 Å². The van der Waals surface area contributed by atoms with Crippen LogP contribution in [0.25, 0.3) is 0 Å². The van der Waals surface area contributed by atoms with Crippen LogP contribution in [0.3, 0.4) is 0 Å². The number of amides is 1. The van der Waals surface area contributed by atoms with Crippen LogP contribution in [0.4, 0.5) is 0 Å². The molecule has 1 amide bonds. The van der Waals surface area contributed by atoms with Crippen LogP contribution in [0.5, 0.6) is 17.2 Å². The molecule has 5 nitrogen and oxygen atoms in total. The minimum absolute atomic E-state index is 0.164. The van der Waals surface area contributed by atoms with E-state index in [4.69, 9.17) is 13.9 Å². The molecular formula is C19H17NO4. The Morgan fingerprint density at radius 2 is 1.58 bits per heavy atom. The fourth-order valence-corrected chi connectivity index (χ4v) is 2.14. The molecule has 0 atom stereocenters. The van der Waals surface area contributed by atoms with Crippen molar-refractivity contribution in [2.45, 2.75) is 6.54 Å². The SMILES string of the molecule is COc1ccc(Oc2ccc(C(=O)NCc3ccco3)cc2)cc1. The van der Waals surface area contributed by atoms with E-state index in [1.165, 1.54) is 0 Å². The van der Waals surface area contributed by atoms with E-state index in [0.29, 0.717) is 29.4 Å². The van der Waals surface area contributed by atoms with Crippen LogP contribution < -0.4 is 14.8 Å². The molecule has 0 bridgehead atoms. The fourth-order valence-electron chi connectivity index (χ4n) is 2.14. The molecular weight excluding hydrogens is 306 g/mol. The minimum Gasteiger partial charge on any atom is -0.497 e. The van der Waals surface area contributed by atoms with Gasteiger partial charge in [-0.05, 0) is 60.7 Å². The van der Waals surface area contributed by atoms with Gasteiger partial charge >= 0.3 is 0 Å². The Morgan fingerprint density at radius 1 is 0.958 bits per heavy atom. The molecule has 0 aliphatic rings. The number of furan rings is 1. The number of carbonyl (C=O) groups is 1. The van der Waals surface area contributed by atoms with Gasteiger partial charge in [-0.2, -0.15) is 0 Å². The van der Waals surface area contributed by atoms with Crippen LogP contribution in [0.2, 0.25) is 0 Å². The zero-order valence-corrected chi connectivity index (χ0v) is 13.2. The molecule has 1 aromatic heterocycles. The molecule has 0 aliphatic heterocycles. The lowest BCUT2D eigenvalue weighted by Crippen LogP contribution is -2.22. The summed E-state index contributed by atoms with van der Waals surface area (Å²) in [7, 11) is 1.62. The third-order valence-electron chi connectivity index (χ3n) is 3.41. The molecule has 1 heterocycles. The van der Waals surface area contributed by atoms with Gasteiger partial charge in [-0.25, -0.2) is 0 Å². The van der Waals surface area contributed by atoms with Crippen molar-refractivity contribution >= 4 is 5.91 Å². The van der Waals surface area contributed by atoms with E-state index in [2.05, 4.69) is 5.32 Å². The first-order valence-electron chi connectivity index (χ1n) is 7.47. The molecule has 2 aromatic carbocycles. The van der Waals surface area contributed by atoms with E-state index in [1.54, 1.807) is 43.7 Å². The highest BCUT2D eigenvalue weighted by Gasteiger charge is 2.07. The lowest BCUT2D eigenvalue weighted by Gasteiger charge is -2.08. The van der Waals surface area contributed by atoms with Crippen LogP contribution in [-0.2, 0) is 6.54 Å². The number of nitrogens with one attached hydrogen (secondary N) is 1. The summed E-state index contributed by atoms with van der Waals surface area (Å²) in [5.41, 5.74) is 0.559. The van der Waals surface area contributed by atoms with Gasteiger partial charge in [0.1, 0.15) is 23.0 Å². The topological polar surface area (TPSA) is 60.7 Å². The van der Waals surface area contributed by atoms with Gasteiger partial charge in [0.05, 0.1) is 19.9 Å². The summed E-state index contributed by atoms with van der Waals surface area (Å²) in [6.45, 7) is 0.357. The third kappa shape index (κ3) is 3.95. The predicted molar refractivity (Wildman–Crippen MR) is 89.4 cm³/mol. The van der Waals surface area contributed by atoms with Crippen LogP contribution in [0.1, 0.15) is 16.1 Å². The standard InChI is InChI=1S/C19H17NO4/c1-22-15-8-10-17(11-9-15)24-16-6-4-14(5-7-16)19(21)20-13-18-3-2-12-23-18/h2-12H,13H2,1H3,(H,20,21). The molecule has 0 radical (unpaired) electrons. The molecule has 1 N–H and O–H groups in total. The minimum atomic E-state index is -0.164. The highest BCUT2D eigenvalue weighted by atomic mass is 16.5. The van der Waals surface area contributed by atoms with Crippen molar-refractivity contribution in [3.8, 4) is 17.2 Å². The summed E-state index contributed by atoms with van der Waals surface area (Å²) in [5.74, 6) is 2.67. The van der Waals surface area contributed by atoms with E-state index in [9.17, 15) is 4.79 Å². The fraction of sp³-hybridized carbons (Fsp3) is 0.105. The van der Waals surface area contributed by atoms with Crippen molar-refractivity contribution in [3.63, 3.8) is 0 Å². The Labute approximate surface area is 139 Å². The van der Waals surface area contributed by atoms with Gasteiger partial charge < -0.3 is 19.2 Å². The van der Waals surface area contributed by atoms with Gasteiger partial charge in [-0.3, -0.25) is 4.79 Å². The zero-order valence-electron chi connectivity index (χ0n) is 13.2. The highest BCUT2D eigenvalue weighted by molar-refractivity contribution is 5.94. The Balaban J connectivity index is 1.58. The van der Waals surface area contributed by atoms with E-state index in [0.717, 1.165) is 5.75 Å². The number of rotatable bonds is 6. The van der Waals surface area contributed by atoms with Gasteiger partial charge in [-0.15, -0.1) is 0 Å². The van der Waals surface area contributed by atoms with Crippen molar-refractivity contribution in [1.82, 2.24) is 5.32 Å². The molecule has 0 saturated heterocycles. The average molecular weight is 323 g/mol. The summed E-state index contributed by atoms with van der Waals surface area (Å²) in [5, 5.41) is 2.80. The second-order valence-corrected chi connectivity index (χ2v) is 5.06. The number of hydrogen-bond acceptors (Lipinski definition) is 4. The van der Waals surface area contributed by atoms with E-state index in [1.807, 2.05) is 30.3 Å². The lowest BCUT2D eigenvalue weighted by molar-refractivity contribution is 0.0948. The Bertz CT molecular complexity index is 777. The summed E-state index contributed by atoms with van der Waals surface area (Å²) in [4.78, 5) is 12.1. The lowest BCUT2D eigenvalue weighted by atomic mass is 10.2. The van der Waals surface area contributed by atoms with Crippen LogP contribution >= 0.6 is 0 Å². The second-order valence-electron chi connectivity index (χ2n) is 5.06. The normalized spacial score (nSPS) is 10.2. The molecule has 122 valence electrons. The Hall–Kier alpha value is -3.21. The van der Waals surface area contributed by atoms with Crippen LogP contribution in [0, 0.1) is 0 Å². The van der Waals surface area contributed by atoms with Crippen molar-refractivity contribution in [3.05, 3.63) is 78.3 Å². The molecule has 0 spiro atoms. The van der Waals surface area contributed by atoms with Gasteiger partial charge in [0, 0.05) is 5.56 Å². The molecule has 0 unspecified atom stereocenters. The van der Waals surface area contributed by atoms with E-state index < -0.39 is 0 Å². The molecule has 24 heavy (non-hydrogen) atoms. The monoisotopic (exact) mass is 323 g/mol. The van der Waals surface area contributed by atoms with Gasteiger partial charge in [-0.1, -0.05) is 0 Å². The quantitative estimate of drug-likeness (QED) is 0.744.